The molecule has 0 aliphatic carbocycles. The number of hydrogen-bond donors (Lipinski definition) is 1. The molecule has 1 atom stereocenters. The fraction of sp³-hybridized carbons (Fsp3) is 0.360. The average molecular weight is 420 g/mol. The van der Waals surface area contributed by atoms with E-state index in [9.17, 15) is 9.59 Å². The van der Waals surface area contributed by atoms with Crippen LogP contribution in [0.3, 0.4) is 0 Å². The number of nitrogens with one attached hydrogen (secondary N) is 1. The Balaban J connectivity index is 1.25. The van der Waals surface area contributed by atoms with E-state index in [4.69, 9.17) is 7.48 Å². The van der Waals surface area contributed by atoms with Crippen LogP contribution in [-0.2, 0) is 6.37 Å². The number of carbonyl (C=O) groups excluding carboxylic acids is 2. The molecule has 31 heavy (non-hydrogen) atoms. The van der Waals surface area contributed by atoms with Crippen molar-refractivity contribution < 1.29 is 17.1 Å². The van der Waals surface area contributed by atoms with Crippen LogP contribution in [0, 0.1) is 0 Å². The fourth-order valence-electron chi connectivity index (χ4n) is 4.44. The molecule has 0 unspecified atom stereocenters. The summed E-state index contributed by atoms with van der Waals surface area (Å²) in [6.45, 7) is 1.55. The van der Waals surface area contributed by atoms with Gasteiger partial charge in [-0.15, -0.1) is 0 Å². The van der Waals surface area contributed by atoms with Gasteiger partial charge in [-0.3, -0.25) is 14.5 Å². The first-order chi connectivity index (χ1) is 15.9. The SMILES string of the molecule is [2H]C([2H])(c1c[nH]c2ccc(OCCCN3C(=O)c4ccccc4C3=O)cc12)[C@H]1CCCN1C. The van der Waals surface area contributed by atoms with Gasteiger partial charge in [-0.05, 0) is 75.1 Å². The third-order valence-electron chi connectivity index (χ3n) is 6.17. The molecule has 160 valence electrons. The van der Waals surface area contributed by atoms with E-state index in [1.54, 1.807) is 30.5 Å². The summed E-state index contributed by atoms with van der Waals surface area (Å²) in [5.41, 5.74) is 2.42. The van der Waals surface area contributed by atoms with Gasteiger partial charge >= 0.3 is 0 Å². The number of rotatable bonds is 7. The Kier molecular flexibility index (Phi) is 4.64. The number of hydrogen-bond acceptors (Lipinski definition) is 4. The number of aromatic nitrogens is 1. The van der Waals surface area contributed by atoms with Crippen molar-refractivity contribution in [3.05, 3.63) is 65.4 Å². The van der Waals surface area contributed by atoms with Gasteiger partial charge in [0.2, 0.25) is 0 Å². The molecule has 1 N–H and O–H groups in total. The van der Waals surface area contributed by atoms with Gasteiger partial charge < -0.3 is 14.6 Å². The topological polar surface area (TPSA) is 65.6 Å². The highest BCUT2D eigenvalue weighted by molar-refractivity contribution is 6.21. The van der Waals surface area contributed by atoms with Crippen LogP contribution >= 0.6 is 0 Å². The highest BCUT2D eigenvalue weighted by atomic mass is 16.5. The predicted molar refractivity (Wildman–Crippen MR) is 120 cm³/mol. The van der Waals surface area contributed by atoms with E-state index in [1.165, 1.54) is 4.90 Å². The minimum absolute atomic E-state index is 0.152. The zero-order chi connectivity index (χ0) is 23.2. The van der Waals surface area contributed by atoms with E-state index in [0.717, 1.165) is 30.3 Å². The van der Waals surface area contributed by atoms with E-state index in [0.29, 0.717) is 42.0 Å². The molecule has 6 heteroatoms. The quantitative estimate of drug-likeness (QED) is 0.466. The second kappa shape index (κ2) is 8.19. The maximum absolute atomic E-state index is 12.5. The van der Waals surface area contributed by atoms with Crippen molar-refractivity contribution in [1.29, 1.82) is 0 Å². The van der Waals surface area contributed by atoms with Crippen molar-refractivity contribution in [1.82, 2.24) is 14.8 Å². The number of amides is 2. The molecule has 2 aliphatic heterocycles. The van der Waals surface area contributed by atoms with Gasteiger partial charge in [-0.25, -0.2) is 0 Å². The van der Waals surface area contributed by atoms with Crippen LogP contribution in [0.2, 0.25) is 0 Å². The third-order valence-corrected chi connectivity index (χ3v) is 6.17. The van der Waals surface area contributed by atoms with E-state index in [2.05, 4.69) is 9.88 Å². The number of H-pyrrole nitrogens is 1. The molecule has 2 amide bonds. The predicted octanol–water partition coefficient (Wildman–Crippen LogP) is 3.87. The number of nitrogens with zero attached hydrogens (tertiary/aromatic N) is 2. The molecular weight excluding hydrogens is 390 g/mol. The summed E-state index contributed by atoms with van der Waals surface area (Å²) in [6.07, 6.45) is 2.64. The first-order valence-corrected chi connectivity index (χ1v) is 10.8. The average Bonchev–Trinajstić information content (AvgIpc) is 3.50. The Hall–Kier alpha value is -3.12. The standard InChI is InChI=1S/C25H27N3O3/c1-27-11-4-6-18(27)14-17-16-26-23-10-9-19(15-22(17)23)31-13-5-12-28-24(29)20-7-2-3-8-21(20)25(28)30/h2-3,7-10,15-16,18,26H,4-6,11-14H2,1H3/t18-/m1/s1/i14D2. The largest absolute Gasteiger partial charge is 0.494 e. The minimum atomic E-state index is -1.48. The van der Waals surface area contributed by atoms with Crippen molar-refractivity contribution in [2.24, 2.45) is 0 Å². The van der Waals surface area contributed by atoms with Crippen molar-refractivity contribution in [2.45, 2.75) is 31.7 Å². The van der Waals surface area contributed by atoms with Crippen LogP contribution in [0.5, 0.6) is 5.75 Å². The summed E-state index contributed by atoms with van der Waals surface area (Å²) < 4.78 is 23.5. The van der Waals surface area contributed by atoms with E-state index >= 15 is 0 Å². The number of fused-ring (bicyclic) bond motifs is 2. The summed E-state index contributed by atoms with van der Waals surface area (Å²) in [5.74, 6) is 0.127. The molecule has 5 rings (SSSR count). The molecule has 1 fully saturated rings. The molecule has 0 spiro atoms. The van der Waals surface area contributed by atoms with Crippen LogP contribution in [0.1, 0.15) is 48.3 Å². The van der Waals surface area contributed by atoms with E-state index < -0.39 is 6.37 Å². The number of likely N-dealkylation sites (tertiary alicyclic amines) is 1. The second-order valence-corrected chi connectivity index (χ2v) is 8.20. The van der Waals surface area contributed by atoms with E-state index in [1.807, 2.05) is 25.2 Å². The second-order valence-electron chi connectivity index (χ2n) is 8.20. The Labute approximate surface area is 184 Å². The fourth-order valence-corrected chi connectivity index (χ4v) is 4.44. The lowest BCUT2D eigenvalue weighted by Crippen LogP contribution is -2.31. The first kappa shape index (κ1) is 17.5. The number of likely N-dealkylation sites (N-methyl/N-ethyl adjacent to an activating group) is 1. The number of imide groups is 1. The molecule has 3 aromatic rings. The maximum atomic E-state index is 12.5. The van der Waals surface area contributed by atoms with Gasteiger partial charge in [-0.1, -0.05) is 12.1 Å². The van der Waals surface area contributed by atoms with Crippen LogP contribution in [-0.4, -0.2) is 59.4 Å². The third kappa shape index (κ3) is 3.72. The molecule has 0 radical (unpaired) electrons. The first-order valence-electron chi connectivity index (χ1n) is 11.8. The summed E-state index contributed by atoms with van der Waals surface area (Å²) >= 11 is 0. The van der Waals surface area contributed by atoms with Gasteiger partial charge in [-0.2, -0.15) is 0 Å². The molecule has 2 aliphatic rings. The summed E-state index contributed by atoms with van der Waals surface area (Å²) in [5, 5.41) is 0.818. The highest BCUT2D eigenvalue weighted by Gasteiger charge is 2.34. The highest BCUT2D eigenvalue weighted by Crippen LogP contribution is 2.28. The van der Waals surface area contributed by atoms with Gasteiger partial charge in [0, 0.05) is 32.4 Å². The van der Waals surface area contributed by atoms with Crippen LogP contribution < -0.4 is 4.74 Å². The smallest absolute Gasteiger partial charge is 0.261 e. The maximum Gasteiger partial charge on any atom is 0.261 e. The van der Waals surface area contributed by atoms with Crippen molar-refractivity contribution in [3.8, 4) is 5.75 Å². The zero-order valence-electron chi connectivity index (χ0n) is 19.6. The lowest BCUT2D eigenvalue weighted by molar-refractivity contribution is 0.0647. The van der Waals surface area contributed by atoms with E-state index in [-0.39, 0.29) is 17.9 Å². The summed E-state index contributed by atoms with van der Waals surface area (Å²) in [6, 6.07) is 12.3. The molecule has 0 saturated carbocycles. The Morgan fingerprint density at radius 3 is 2.65 bits per heavy atom. The van der Waals surface area contributed by atoms with Gasteiger partial charge in [0.15, 0.2) is 0 Å². The molecule has 3 heterocycles. The zero-order valence-corrected chi connectivity index (χ0v) is 17.6. The number of aromatic amines is 1. The van der Waals surface area contributed by atoms with Crippen molar-refractivity contribution in [2.75, 3.05) is 26.7 Å². The molecule has 1 aromatic heterocycles. The molecule has 2 aromatic carbocycles. The monoisotopic (exact) mass is 419 g/mol. The molecule has 6 nitrogen and oxygen atoms in total. The Bertz CT molecular complexity index is 1190. The number of benzene rings is 2. The Morgan fingerprint density at radius 2 is 1.94 bits per heavy atom. The molecule has 1 saturated heterocycles. The Morgan fingerprint density at radius 1 is 1.16 bits per heavy atom. The van der Waals surface area contributed by atoms with Gasteiger partial charge in [0.05, 0.1) is 17.7 Å². The van der Waals surface area contributed by atoms with Gasteiger partial charge in [0.1, 0.15) is 5.75 Å². The normalized spacial score (nSPS) is 20.3. The number of carbonyl (C=O) groups is 2. The lowest BCUT2D eigenvalue weighted by atomic mass is 10.0. The number of ether oxygens (including phenoxy) is 1. The van der Waals surface area contributed by atoms with Crippen molar-refractivity contribution in [3.63, 3.8) is 0 Å². The minimum Gasteiger partial charge on any atom is -0.494 e. The lowest BCUT2D eigenvalue weighted by Gasteiger charge is -2.18. The van der Waals surface area contributed by atoms with Crippen molar-refractivity contribution >= 4 is 22.7 Å². The van der Waals surface area contributed by atoms with Crippen LogP contribution in [0.25, 0.3) is 10.9 Å². The summed E-state index contributed by atoms with van der Waals surface area (Å²) in [7, 11) is 1.98. The molecule has 0 bridgehead atoms. The van der Waals surface area contributed by atoms with Gasteiger partial charge in [0.25, 0.3) is 11.8 Å². The summed E-state index contributed by atoms with van der Waals surface area (Å²) in [4.78, 5) is 31.5. The van der Waals surface area contributed by atoms with Crippen LogP contribution in [0.4, 0.5) is 0 Å². The molecular formula is C25H27N3O3. The van der Waals surface area contributed by atoms with Crippen LogP contribution in [0.15, 0.2) is 48.7 Å².